The lowest BCUT2D eigenvalue weighted by molar-refractivity contribution is 0.0698. The van der Waals surface area contributed by atoms with Gasteiger partial charge in [0.2, 0.25) is 0 Å². The Morgan fingerprint density at radius 1 is 1.35 bits per heavy atom. The van der Waals surface area contributed by atoms with Crippen LogP contribution in [0.15, 0.2) is 18.2 Å². The fourth-order valence-corrected chi connectivity index (χ4v) is 1.97. The van der Waals surface area contributed by atoms with Crippen LogP contribution in [0.4, 0.5) is 4.39 Å². The van der Waals surface area contributed by atoms with E-state index in [-0.39, 0.29) is 11.9 Å². The van der Waals surface area contributed by atoms with E-state index in [2.05, 4.69) is 4.90 Å². The molecule has 4 nitrogen and oxygen atoms in total. The minimum atomic E-state index is -0.351. The number of hydrogen-bond acceptors (Lipinski definition) is 4. The van der Waals surface area contributed by atoms with E-state index < -0.39 is 0 Å². The van der Waals surface area contributed by atoms with Gasteiger partial charge in [0.05, 0.1) is 24.8 Å². The van der Waals surface area contributed by atoms with Crippen molar-refractivity contribution in [3.8, 4) is 6.07 Å². The topological polar surface area (TPSA) is 45.5 Å². The van der Waals surface area contributed by atoms with Crippen molar-refractivity contribution in [2.45, 2.75) is 19.5 Å². The molecule has 20 heavy (non-hydrogen) atoms. The van der Waals surface area contributed by atoms with Crippen molar-refractivity contribution < 1.29 is 13.9 Å². The van der Waals surface area contributed by atoms with Crippen molar-refractivity contribution in [2.24, 2.45) is 0 Å². The fourth-order valence-electron chi connectivity index (χ4n) is 1.97. The van der Waals surface area contributed by atoms with E-state index in [1.807, 2.05) is 13.0 Å². The molecule has 0 bridgehead atoms. The molecule has 0 fully saturated rings. The van der Waals surface area contributed by atoms with Crippen molar-refractivity contribution in [3.05, 3.63) is 35.1 Å². The average Bonchev–Trinajstić information content (AvgIpc) is 2.45. The zero-order chi connectivity index (χ0) is 15.0. The van der Waals surface area contributed by atoms with Gasteiger partial charge in [-0.05, 0) is 19.1 Å². The largest absolute Gasteiger partial charge is 0.383 e. The monoisotopic (exact) mass is 280 g/mol. The lowest BCUT2D eigenvalue weighted by Crippen LogP contribution is -2.38. The minimum absolute atomic E-state index is 0.158. The molecule has 5 heteroatoms. The molecule has 0 aliphatic carbocycles. The molecule has 0 saturated carbocycles. The summed E-state index contributed by atoms with van der Waals surface area (Å²) in [4.78, 5) is 2.09. The predicted molar refractivity (Wildman–Crippen MR) is 74.7 cm³/mol. The Labute approximate surface area is 119 Å². The molecule has 1 atom stereocenters. The Morgan fingerprint density at radius 3 is 2.65 bits per heavy atom. The molecule has 1 rings (SSSR count). The highest BCUT2D eigenvalue weighted by Gasteiger charge is 2.16. The standard InChI is InChI=1S/C15H21FN2O2/c1-12(11-20-3)18(6-7-19-2)10-14-5-4-13(9-17)8-15(14)16/h4-5,8,12H,6-7,10-11H2,1-3H3. The number of nitriles is 1. The molecule has 0 amide bonds. The van der Waals surface area contributed by atoms with Gasteiger partial charge < -0.3 is 9.47 Å². The Kier molecular flexibility index (Phi) is 7.16. The highest BCUT2D eigenvalue weighted by atomic mass is 19.1. The number of rotatable bonds is 8. The fraction of sp³-hybridized carbons (Fsp3) is 0.533. The van der Waals surface area contributed by atoms with Gasteiger partial charge in [0.15, 0.2) is 0 Å². The molecule has 0 aliphatic heterocycles. The van der Waals surface area contributed by atoms with E-state index in [9.17, 15) is 4.39 Å². The second-order valence-electron chi connectivity index (χ2n) is 4.69. The molecular formula is C15H21FN2O2. The molecule has 1 aromatic carbocycles. The number of ether oxygens (including phenoxy) is 2. The molecule has 0 saturated heterocycles. The maximum atomic E-state index is 13.9. The first-order valence-corrected chi connectivity index (χ1v) is 6.52. The molecule has 0 N–H and O–H groups in total. The zero-order valence-electron chi connectivity index (χ0n) is 12.2. The molecule has 0 spiro atoms. The van der Waals surface area contributed by atoms with Crippen LogP contribution in [0.3, 0.4) is 0 Å². The van der Waals surface area contributed by atoms with Crippen LogP contribution in [-0.2, 0) is 16.0 Å². The predicted octanol–water partition coefficient (Wildman–Crippen LogP) is 2.18. The molecular weight excluding hydrogens is 259 g/mol. The second-order valence-corrected chi connectivity index (χ2v) is 4.69. The quantitative estimate of drug-likeness (QED) is 0.732. The number of nitrogens with zero attached hydrogens (tertiary/aromatic N) is 2. The van der Waals surface area contributed by atoms with E-state index in [1.165, 1.54) is 6.07 Å². The number of hydrogen-bond donors (Lipinski definition) is 0. The summed E-state index contributed by atoms with van der Waals surface area (Å²) in [6.45, 7) is 4.33. The second kappa shape index (κ2) is 8.64. The van der Waals surface area contributed by atoms with Crippen LogP contribution in [0.1, 0.15) is 18.1 Å². The minimum Gasteiger partial charge on any atom is -0.383 e. The first-order valence-electron chi connectivity index (χ1n) is 6.52. The van der Waals surface area contributed by atoms with E-state index in [0.29, 0.717) is 37.4 Å². The summed E-state index contributed by atoms with van der Waals surface area (Å²) in [7, 11) is 3.29. The van der Waals surface area contributed by atoms with Crippen LogP contribution >= 0.6 is 0 Å². The van der Waals surface area contributed by atoms with Crippen LogP contribution in [-0.4, -0.2) is 44.9 Å². The van der Waals surface area contributed by atoms with E-state index in [4.69, 9.17) is 14.7 Å². The molecule has 0 aromatic heterocycles. The van der Waals surface area contributed by atoms with Crippen LogP contribution in [0.2, 0.25) is 0 Å². The highest BCUT2D eigenvalue weighted by molar-refractivity contribution is 5.32. The van der Waals surface area contributed by atoms with Crippen molar-refractivity contribution in [3.63, 3.8) is 0 Å². The van der Waals surface area contributed by atoms with Crippen molar-refractivity contribution in [1.29, 1.82) is 5.26 Å². The van der Waals surface area contributed by atoms with Gasteiger partial charge in [-0.3, -0.25) is 4.90 Å². The van der Waals surface area contributed by atoms with E-state index in [0.717, 1.165) is 0 Å². The number of methoxy groups -OCH3 is 2. The number of benzene rings is 1. The maximum Gasteiger partial charge on any atom is 0.129 e. The molecule has 0 heterocycles. The molecule has 0 aliphatic rings. The smallest absolute Gasteiger partial charge is 0.129 e. The van der Waals surface area contributed by atoms with E-state index >= 15 is 0 Å². The van der Waals surface area contributed by atoms with Crippen molar-refractivity contribution in [1.82, 2.24) is 4.90 Å². The van der Waals surface area contributed by atoms with Gasteiger partial charge >= 0.3 is 0 Å². The van der Waals surface area contributed by atoms with Gasteiger partial charge in [0, 0.05) is 38.9 Å². The van der Waals surface area contributed by atoms with Crippen LogP contribution in [0.5, 0.6) is 0 Å². The Morgan fingerprint density at radius 2 is 2.10 bits per heavy atom. The first-order chi connectivity index (χ1) is 9.62. The SMILES string of the molecule is COCCN(Cc1ccc(C#N)cc1F)C(C)COC. The average molecular weight is 280 g/mol. The molecule has 0 radical (unpaired) electrons. The summed E-state index contributed by atoms with van der Waals surface area (Å²) in [6.07, 6.45) is 0. The zero-order valence-corrected chi connectivity index (χ0v) is 12.2. The van der Waals surface area contributed by atoms with Gasteiger partial charge in [-0.15, -0.1) is 0 Å². The maximum absolute atomic E-state index is 13.9. The van der Waals surface area contributed by atoms with Gasteiger partial charge in [-0.1, -0.05) is 6.07 Å². The summed E-state index contributed by atoms with van der Waals surface area (Å²) in [5.41, 5.74) is 0.905. The van der Waals surface area contributed by atoms with Crippen molar-refractivity contribution in [2.75, 3.05) is 34.0 Å². The van der Waals surface area contributed by atoms with Gasteiger partial charge in [-0.25, -0.2) is 4.39 Å². The van der Waals surface area contributed by atoms with Crippen molar-refractivity contribution >= 4 is 0 Å². The summed E-state index contributed by atoms with van der Waals surface area (Å²) >= 11 is 0. The highest BCUT2D eigenvalue weighted by Crippen LogP contribution is 2.14. The number of halogens is 1. The van der Waals surface area contributed by atoms with Gasteiger partial charge in [0.25, 0.3) is 0 Å². The Hall–Kier alpha value is -1.48. The molecule has 110 valence electrons. The van der Waals surface area contributed by atoms with Gasteiger partial charge in [0.1, 0.15) is 5.82 Å². The normalized spacial score (nSPS) is 12.4. The van der Waals surface area contributed by atoms with Gasteiger partial charge in [-0.2, -0.15) is 5.26 Å². The third kappa shape index (κ3) is 4.89. The summed E-state index contributed by atoms with van der Waals surface area (Å²) in [5.74, 6) is -0.351. The van der Waals surface area contributed by atoms with Crippen LogP contribution in [0, 0.1) is 17.1 Å². The lowest BCUT2D eigenvalue weighted by atomic mass is 10.1. The first kappa shape index (κ1) is 16.6. The summed E-state index contributed by atoms with van der Waals surface area (Å²) < 4.78 is 24.2. The third-order valence-corrected chi connectivity index (χ3v) is 3.17. The Bertz CT molecular complexity index is 460. The van der Waals surface area contributed by atoms with E-state index in [1.54, 1.807) is 26.4 Å². The molecule has 1 aromatic rings. The summed E-state index contributed by atoms with van der Waals surface area (Å²) in [6, 6.07) is 6.65. The van der Waals surface area contributed by atoms with Crippen LogP contribution < -0.4 is 0 Å². The lowest BCUT2D eigenvalue weighted by Gasteiger charge is -2.28. The molecule has 1 unspecified atom stereocenters. The Balaban J connectivity index is 2.80. The third-order valence-electron chi connectivity index (χ3n) is 3.17. The summed E-state index contributed by atoms with van der Waals surface area (Å²) in [5, 5.41) is 8.75. The van der Waals surface area contributed by atoms with Crippen LogP contribution in [0.25, 0.3) is 0 Å².